The Kier molecular flexibility index (Phi) is 3.72. The zero-order chi connectivity index (χ0) is 8.97. The predicted molar refractivity (Wildman–Crippen MR) is 50.5 cm³/mol. The summed E-state index contributed by atoms with van der Waals surface area (Å²) in [5, 5.41) is 9.60. The molecule has 1 N–H and O–H groups in total. The number of thiophene rings is 1. The zero-order valence-electron chi connectivity index (χ0n) is 7.41. The number of aliphatic hydroxyl groups is 1. The minimum atomic E-state index is -0.358. The van der Waals surface area contributed by atoms with Crippen LogP contribution in [0.15, 0.2) is 12.1 Å². The SMILES string of the molecule is COCCC(O)c1ccc(C)s1. The standard InChI is InChI=1S/C9H14O2S/c1-7-3-4-9(12-7)8(10)5-6-11-2/h3-4,8,10H,5-6H2,1-2H3. The summed E-state index contributed by atoms with van der Waals surface area (Å²) in [6.45, 7) is 2.65. The van der Waals surface area contributed by atoms with E-state index in [2.05, 4.69) is 0 Å². The Labute approximate surface area is 76.8 Å². The molecule has 0 radical (unpaired) electrons. The summed E-state index contributed by atoms with van der Waals surface area (Å²) in [5.74, 6) is 0. The first-order valence-corrected chi connectivity index (χ1v) is 4.79. The highest BCUT2D eigenvalue weighted by molar-refractivity contribution is 7.11. The molecule has 0 aromatic carbocycles. The number of rotatable bonds is 4. The van der Waals surface area contributed by atoms with Gasteiger partial charge in [0.1, 0.15) is 0 Å². The zero-order valence-corrected chi connectivity index (χ0v) is 8.23. The molecule has 3 heteroatoms. The first-order valence-electron chi connectivity index (χ1n) is 3.97. The van der Waals surface area contributed by atoms with E-state index in [9.17, 15) is 5.11 Å². The van der Waals surface area contributed by atoms with E-state index in [0.717, 1.165) is 4.88 Å². The summed E-state index contributed by atoms with van der Waals surface area (Å²) in [6, 6.07) is 4.00. The Bertz CT molecular complexity index is 232. The quantitative estimate of drug-likeness (QED) is 0.780. The highest BCUT2D eigenvalue weighted by Gasteiger charge is 2.08. The summed E-state index contributed by atoms with van der Waals surface area (Å²) in [5.41, 5.74) is 0. The van der Waals surface area contributed by atoms with Gasteiger partial charge in [0.15, 0.2) is 0 Å². The molecule has 1 heterocycles. The summed E-state index contributed by atoms with van der Waals surface area (Å²) in [7, 11) is 1.65. The Balaban J connectivity index is 2.47. The van der Waals surface area contributed by atoms with Crippen LogP contribution in [0.4, 0.5) is 0 Å². The highest BCUT2D eigenvalue weighted by Crippen LogP contribution is 2.24. The van der Waals surface area contributed by atoms with Crippen molar-refractivity contribution in [1.29, 1.82) is 0 Å². The highest BCUT2D eigenvalue weighted by atomic mass is 32.1. The van der Waals surface area contributed by atoms with Gasteiger partial charge in [-0.1, -0.05) is 0 Å². The Hall–Kier alpha value is -0.380. The number of methoxy groups -OCH3 is 1. The summed E-state index contributed by atoms with van der Waals surface area (Å²) in [6.07, 6.45) is 0.319. The summed E-state index contributed by atoms with van der Waals surface area (Å²) >= 11 is 1.64. The van der Waals surface area contributed by atoms with Crippen molar-refractivity contribution in [2.45, 2.75) is 19.4 Å². The lowest BCUT2D eigenvalue weighted by atomic mass is 10.2. The smallest absolute Gasteiger partial charge is 0.0904 e. The molecule has 0 aliphatic heterocycles. The van der Waals surface area contributed by atoms with Crippen LogP contribution in [-0.4, -0.2) is 18.8 Å². The van der Waals surface area contributed by atoms with Gasteiger partial charge in [0.05, 0.1) is 6.10 Å². The third-order valence-electron chi connectivity index (χ3n) is 1.68. The fraction of sp³-hybridized carbons (Fsp3) is 0.556. The van der Waals surface area contributed by atoms with Crippen molar-refractivity contribution in [3.8, 4) is 0 Å². The van der Waals surface area contributed by atoms with Gasteiger partial charge in [0, 0.05) is 29.9 Å². The number of hydrogen-bond donors (Lipinski definition) is 1. The first-order chi connectivity index (χ1) is 5.74. The second-order valence-electron chi connectivity index (χ2n) is 2.75. The first kappa shape index (κ1) is 9.71. The van der Waals surface area contributed by atoms with Crippen LogP contribution in [0.3, 0.4) is 0 Å². The summed E-state index contributed by atoms with van der Waals surface area (Å²) < 4.78 is 4.89. The van der Waals surface area contributed by atoms with Gasteiger partial charge in [0.25, 0.3) is 0 Å². The largest absolute Gasteiger partial charge is 0.387 e. The number of hydrogen-bond acceptors (Lipinski definition) is 3. The second-order valence-corrected chi connectivity index (χ2v) is 4.07. The van der Waals surface area contributed by atoms with Gasteiger partial charge in [-0.05, 0) is 19.1 Å². The number of aryl methyl sites for hydroxylation is 1. The van der Waals surface area contributed by atoms with Crippen LogP contribution in [0.2, 0.25) is 0 Å². The number of ether oxygens (including phenoxy) is 1. The van der Waals surface area contributed by atoms with Gasteiger partial charge in [-0.2, -0.15) is 0 Å². The van der Waals surface area contributed by atoms with Gasteiger partial charge in [-0.25, -0.2) is 0 Å². The Morgan fingerprint density at radius 1 is 1.58 bits per heavy atom. The van der Waals surface area contributed by atoms with Crippen LogP contribution in [-0.2, 0) is 4.74 Å². The molecule has 0 aliphatic rings. The molecular formula is C9H14O2S. The third kappa shape index (κ3) is 2.59. The van der Waals surface area contributed by atoms with E-state index in [-0.39, 0.29) is 6.10 Å². The van der Waals surface area contributed by atoms with Crippen molar-refractivity contribution in [3.05, 3.63) is 21.9 Å². The normalized spacial score (nSPS) is 13.2. The Morgan fingerprint density at radius 3 is 2.83 bits per heavy atom. The molecule has 0 fully saturated rings. The molecule has 1 aromatic heterocycles. The van der Waals surface area contributed by atoms with Crippen molar-refractivity contribution in [2.24, 2.45) is 0 Å². The van der Waals surface area contributed by atoms with E-state index in [1.54, 1.807) is 18.4 Å². The second kappa shape index (κ2) is 4.60. The average Bonchev–Trinajstić information content (AvgIpc) is 2.47. The molecule has 1 aromatic rings. The van der Waals surface area contributed by atoms with Gasteiger partial charge < -0.3 is 9.84 Å². The molecule has 1 unspecified atom stereocenters. The molecule has 0 bridgehead atoms. The monoisotopic (exact) mass is 186 g/mol. The fourth-order valence-corrected chi connectivity index (χ4v) is 1.90. The lowest BCUT2D eigenvalue weighted by molar-refractivity contribution is 0.113. The third-order valence-corrected chi connectivity index (χ3v) is 2.79. The maximum absolute atomic E-state index is 9.60. The minimum Gasteiger partial charge on any atom is -0.387 e. The minimum absolute atomic E-state index is 0.358. The van der Waals surface area contributed by atoms with E-state index in [1.807, 2.05) is 19.1 Å². The van der Waals surface area contributed by atoms with Gasteiger partial charge in [-0.15, -0.1) is 11.3 Å². The van der Waals surface area contributed by atoms with Crippen molar-refractivity contribution < 1.29 is 9.84 Å². The topological polar surface area (TPSA) is 29.5 Å². The molecule has 2 nitrogen and oxygen atoms in total. The molecule has 0 aliphatic carbocycles. The molecule has 0 saturated heterocycles. The van der Waals surface area contributed by atoms with Gasteiger partial charge in [0.2, 0.25) is 0 Å². The van der Waals surface area contributed by atoms with E-state index < -0.39 is 0 Å². The molecular weight excluding hydrogens is 172 g/mol. The van der Waals surface area contributed by atoms with E-state index in [1.165, 1.54) is 4.88 Å². The van der Waals surface area contributed by atoms with Crippen molar-refractivity contribution in [1.82, 2.24) is 0 Å². The summed E-state index contributed by atoms with van der Waals surface area (Å²) in [4.78, 5) is 2.27. The van der Waals surface area contributed by atoms with Crippen molar-refractivity contribution in [2.75, 3.05) is 13.7 Å². The van der Waals surface area contributed by atoms with Crippen LogP contribution >= 0.6 is 11.3 Å². The van der Waals surface area contributed by atoms with E-state index >= 15 is 0 Å². The number of aliphatic hydroxyl groups excluding tert-OH is 1. The van der Waals surface area contributed by atoms with Gasteiger partial charge >= 0.3 is 0 Å². The maximum atomic E-state index is 9.60. The molecule has 1 atom stereocenters. The maximum Gasteiger partial charge on any atom is 0.0904 e. The molecule has 0 spiro atoms. The van der Waals surface area contributed by atoms with Crippen molar-refractivity contribution in [3.63, 3.8) is 0 Å². The van der Waals surface area contributed by atoms with Crippen LogP contribution in [0.5, 0.6) is 0 Å². The lowest BCUT2D eigenvalue weighted by Gasteiger charge is -2.06. The molecule has 0 amide bonds. The van der Waals surface area contributed by atoms with Gasteiger partial charge in [-0.3, -0.25) is 0 Å². The molecule has 12 heavy (non-hydrogen) atoms. The van der Waals surface area contributed by atoms with E-state index in [0.29, 0.717) is 13.0 Å². The van der Waals surface area contributed by atoms with Crippen LogP contribution < -0.4 is 0 Å². The van der Waals surface area contributed by atoms with Crippen LogP contribution in [0.25, 0.3) is 0 Å². The molecule has 0 saturated carbocycles. The fourth-order valence-electron chi connectivity index (χ4n) is 1.00. The van der Waals surface area contributed by atoms with Crippen molar-refractivity contribution >= 4 is 11.3 Å². The molecule has 1 rings (SSSR count). The van der Waals surface area contributed by atoms with Crippen LogP contribution in [0, 0.1) is 6.92 Å². The Morgan fingerprint density at radius 2 is 2.33 bits per heavy atom. The average molecular weight is 186 g/mol. The molecule has 68 valence electrons. The predicted octanol–water partition coefficient (Wildman–Crippen LogP) is 2.13. The van der Waals surface area contributed by atoms with E-state index in [4.69, 9.17) is 4.74 Å². The lowest BCUT2D eigenvalue weighted by Crippen LogP contribution is -1.99. The van der Waals surface area contributed by atoms with Crippen LogP contribution in [0.1, 0.15) is 22.3 Å².